The second-order valence-electron chi connectivity index (χ2n) is 9.42. The number of rotatable bonds is 7. The van der Waals surface area contributed by atoms with Gasteiger partial charge in [0.15, 0.2) is 0 Å². The molecule has 14 heteroatoms. The molecule has 5 heterocycles. The minimum atomic E-state index is -2.56. The molecule has 0 bridgehead atoms. The largest absolute Gasteiger partial charge is 0.479 e. The topological polar surface area (TPSA) is 99.0 Å². The number of nitrogens with zero attached hydrogens (tertiary/aromatic N) is 8. The number of fused-ring (bicyclic) bond motifs is 2. The maximum Gasteiger partial charge on any atom is 0.334 e. The molecule has 0 saturated carbocycles. The Balaban J connectivity index is 1.27. The summed E-state index contributed by atoms with van der Waals surface area (Å²) >= 11 is 0. The van der Waals surface area contributed by atoms with E-state index in [2.05, 4.69) is 30.6 Å². The molecule has 2 aliphatic heterocycles. The van der Waals surface area contributed by atoms with Gasteiger partial charge in [0.25, 0.3) is 6.43 Å². The number of aromatic nitrogens is 6. The van der Waals surface area contributed by atoms with E-state index in [4.69, 9.17) is 16.0 Å². The molecule has 1 N–H and O–H groups in total. The molecule has 0 spiro atoms. The zero-order valence-corrected chi connectivity index (χ0v) is 20.4. The van der Waals surface area contributed by atoms with Crippen LogP contribution >= 0.6 is 0 Å². The van der Waals surface area contributed by atoms with Gasteiger partial charge in [-0.25, -0.2) is 33.8 Å². The number of alkyl halides is 3. The molecule has 4 aromatic rings. The molecule has 0 amide bonds. The molecule has 198 valence electrons. The van der Waals surface area contributed by atoms with Crippen LogP contribution in [0.25, 0.3) is 32.5 Å². The number of halogens is 3. The van der Waals surface area contributed by atoms with Crippen LogP contribution < -0.4 is 10.1 Å². The quantitative estimate of drug-likeness (QED) is 0.367. The standard InChI is InChI=1S/C24H24F3N9O2/c1-28-24(12-38-13-24)34-7-6-17(16(25)10-34)29-23-30-22(37-2)21-15(5-8-35(21)32-23)14-3-4-18-19(9-14)36(33-31-18)11-20(26)27/h3-5,8-9,16-17,20H,6-7,10-13H2,2H3,(H,29,32)/t16-,17+/m1/s1. The summed E-state index contributed by atoms with van der Waals surface area (Å²) in [7, 11) is 1.48. The van der Waals surface area contributed by atoms with Crippen molar-refractivity contribution in [3.05, 3.63) is 41.9 Å². The number of nitrogens with one attached hydrogen (secondary N) is 1. The fraction of sp³-hybridized carbons (Fsp3) is 0.458. The lowest BCUT2D eigenvalue weighted by Gasteiger charge is -2.43. The summed E-state index contributed by atoms with van der Waals surface area (Å²) in [6.07, 6.45) is -1.59. The average Bonchev–Trinajstić information content (AvgIpc) is 3.48. The highest BCUT2D eigenvalue weighted by molar-refractivity contribution is 5.89. The fourth-order valence-electron chi connectivity index (χ4n) is 5.04. The van der Waals surface area contributed by atoms with Crippen LogP contribution in [-0.4, -0.2) is 92.2 Å². The maximum absolute atomic E-state index is 15.1. The summed E-state index contributed by atoms with van der Waals surface area (Å²) in [5.41, 5.74) is 2.25. The van der Waals surface area contributed by atoms with Crippen molar-refractivity contribution in [2.45, 2.75) is 37.3 Å². The number of piperidine rings is 1. The van der Waals surface area contributed by atoms with Crippen LogP contribution in [-0.2, 0) is 11.3 Å². The molecule has 2 atom stereocenters. The van der Waals surface area contributed by atoms with E-state index >= 15 is 4.39 Å². The lowest BCUT2D eigenvalue weighted by Crippen LogP contribution is -2.64. The molecular weight excluding hydrogens is 503 g/mol. The highest BCUT2D eigenvalue weighted by Gasteiger charge is 2.53. The molecule has 11 nitrogen and oxygen atoms in total. The third-order valence-electron chi connectivity index (χ3n) is 7.13. The van der Waals surface area contributed by atoms with Gasteiger partial charge in [-0.3, -0.25) is 4.85 Å². The zero-order valence-electron chi connectivity index (χ0n) is 20.4. The van der Waals surface area contributed by atoms with E-state index in [1.54, 1.807) is 22.8 Å². The lowest BCUT2D eigenvalue weighted by atomic mass is 9.97. The van der Waals surface area contributed by atoms with Crippen LogP contribution in [0.3, 0.4) is 0 Å². The van der Waals surface area contributed by atoms with Crippen molar-refractivity contribution in [1.29, 1.82) is 0 Å². The molecule has 38 heavy (non-hydrogen) atoms. The first-order chi connectivity index (χ1) is 18.4. The van der Waals surface area contributed by atoms with Crippen LogP contribution in [0.5, 0.6) is 5.88 Å². The van der Waals surface area contributed by atoms with Crippen molar-refractivity contribution >= 4 is 22.5 Å². The number of likely N-dealkylation sites (tertiary alicyclic amines) is 1. The van der Waals surface area contributed by atoms with E-state index in [9.17, 15) is 8.78 Å². The van der Waals surface area contributed by atoms with Crippen LogP contribution in [0.4, 0.5) is 19.1 Å². The second-order valence-corrected chi connectivity index (χ2v) is 9.42. The van der Waals surface area contributed by atoms with Gasteiger partial charge in [0.05, 0.1) is 18.7 Å². The van der Waals surface area contributed by atoms with Crippen molar-refractivity contribution in [3.63, 3.8) is 0 Å². The predicted octanol–water partition coefficient (Wildman–Crippen LogP) is 2.88. The zero-order chi connectivity index (χ0) is 26.4. The minimum absolute atomic E-state index is 0.121. The Morgan fingerprint density at radius 1 is 1.32 bits per heavy atom. The Morgan fingerprint density at radius 3 is 2.84 bits per heavy atom. The van der Waals surface area contributed by atoms with Crippen LogP contribution in [0, 0.1) is 6.57 Å². The third kappa shape index (κ3) is 4.07. The maximum atomic E-state index is 15.1. The Kier molecular flexibility index (Phi) is 6.04. The molecule has 0 aliphatic carbocycles. The summed E-state index contributed by atoms with van der Waals surface area (Å²) in [5.74, 6) is 0.479. The van der Waals surface area contributed by atoms with Gasteiger partial charge in [0.1, 0.15) is 37.0 Å². The molecule has 0 radical (unpaired) electrons. The number of hydrogen-bond donors (Lipinski definition) is 1. The van der Waals surface area contributed by atoms with E-state index in [1.165, 1.54) is 11.8 Å². The molecule has 1 aromatic carbocycles. The summed E-state index contributed by atoms with van der Waals surface area (Å²) in [4.78, 5) is 10.0. The number of hydrogen-bond acceptors (Lipinski definition) is 8. The SMILES string of the molecule is [C-]#[N+]C1(N2CC[C@H](Nc3nc(OC)c4c(-c5ccc6nnn(CC(F)F)c6c5)ccn4n3)[C@H](F)C2)COC1. The van der Waals surface area contributed by atoms with Gasteiger partial charge in [-0.15, -0.1) is 10.2 Å². The van der Waals surface area contributed by atoms with Gasteiger partial charge in [-0.05, 0) is 30.2 Å². The molecular formula is C24H24F3N9O2. The number of methoxy groups -OCH3 is 1. The highest BCUT2D eigenvalue weighted by Crippen LogP contribution is 2.34. The van der Waals surface area contributed by atoms with Gasteiger partial charge in [-0.1, -0.05) is 11.3 Å². The van der Waals surface area contributed by atoms with Crippen molar-refractivity contribution in [2.24, 2.45) is 0 Å². The third-order valence-corrected chi connectivity index (χ3v) is 7.13. The number of anilines is 1. The predicted molar refractivity (Wildman–Crippen MR) is 131 cm³/mol. The minimum Gasteiger partial charge on any atom is -0.479 e. The summed E-state index contributed by atoms with van der Waals surface area (Å²) in [6, 6.07) is 6.56. The van der Waals surface area contributed by atoms with E-state index in [0.717, 1.165) is 11.1 Å². The number of ether oxygens (including phenoxy) is 2. The average molecular weight is 528 g/mol. The molecule has 3 aromatic heterocycles. The normalized spacial score (nSPS) is 21.5. The molecule has 2 aliphatic rings. The molecule has 0 unspecified atom stereocenters. The van der Waals surface area contributed by atoms with Crippen molar-refractivity contribution in [2.75, 3.05) is 38.7 Å². The molecule has 6 rings (SSSR count). The lowest BCUT2D eigenvalue weighted by molar-refractivity contribution is -0.127. The Morgan fingerprint density at radius 2 is 2.16 bits per heavy atom. The van der Waals surface area contributed by atoms with Gasteiger partial charge in [0.2, 0.25) is 11.8 Å². The van der Waals surface area contributed by atoms with Crippen LogP contribution in [0.15, 0.2) is 30.5 Å². The van der Waals surface area contributed by atoms with Gasteiger partial charge >= 0.3 is 5.66 Å². The first-order valence-corrected chi connectivity index (χ1v) is 12.1. The van der Waals surface area contributed by atoms with Crippen molar-refractivity contribution < 1.29 is 22.6 Å². The Hall–Kier alpha value is -3.96. The monoisotopic (exact) mass is 527 g/mol. The summed E-state index contributed by atoms with van der Waals surface area (Å²) < 4.78 is 54.6. The highest BCUT2D eigenvalue weighted by atomic mass is 19.3. The van der Waals surface area contributed by atoms with Gasteiger partial charge < -0.3 is 14.8 Å². The fourth-order valence-corrected chi connectivity index (χ4v) is 5.04. The van der Waals surface area contributed by atoms with E-state index < -0.39 is 30.8 Å². The Labute approximate surface area is 214 Å². The van der Waals surface area contributed by atoms with Gasteiger partial charge in [-0.2, -0.15) is 4.98 Å². The smallest absolute Gasteiger partial charge is 0.334 e. The van der Waals surface area contributed by atoms with Crippen molar-refractivity contribution in [1.82, 2.24) is 34.5 Å². The number of benzene rings is 1. The Bertz CT molecular complexity index is 1530. The van der Waals surface area contributed by atoms with Crippen LogP contribution in [0.2, 0.25) is 0 Å². The second kappa shape index (κ2) is 9.41. The van der Waals surface area contributed by atoms with Crippen LogP contribution in [0.1, 0.15) is 6.42 Å². The van der Waals surface area contributed by atoms with E-state index in [-0.39, 0.29) is 18.4 Å². The first kappa shape index (κ1) is 24.4. The molecule has 2 fully saturated rings. The summed E-state index contributed by atoms with van der Waals surface area (Å²) in [6.45, 7) is 8.20. The van der Waals surface area contributed by atoms with E-state index in [0.29, 0.717) is 42.7 Å². The first-order valence-electron chi connectivity index (χ1n) is 12.1. The summed E-state index contributed by atoms with van der Waals surface area (Å²) in [5, 5.41) is 15.4. The van der Waals surface area contributed by atoms with Crippen molar-refractivity contribution in [3.8, 4) is 17.0 Å². The van der Waals surface area contributed by atoms with Gasteiger partial charge in [0, 0.05) is 24.8 Å². The molecule has 2 saturated heterocycles. The van der Waals surface area contributed by atoms with E-state index in [1.807, 2.05) is 17.0 Å².